The van der Waals surface area contributed by atoms with Crippen LogP contribution in [0, 0.1) is 0 Å². The Hall–Kier alpha value is -0.0900. The second kappa shape index (κ2) is 6.04. The minimum absolute atomic E-state index is 0.562. The number of thioether (sulfide) groups is 1. The van der Waals surface area contributed by atoms with Crippen molar-refractivity contribution in [3.05, 3.63) is 0 Å². The summed E-state index contributed by atoms with van der Waals surface area (Å²) in [6, 6.07) is 0. The topological polar surface area (TPSA) is 29.1 Å². The molecule has 4 heteroatoms. The summed E-state index contributed by atoms with van der Waals surface area (Å²) >= 11 is 6.23. The second-order valence-corrected chi connectivity index (χ2v) is 3.17. The molecule has 0 heterocycles. The number of carbonyl (C=O) groups is 1. The van der Waals surface area contributed by atoms with E-state index in [1.807, 2.05) is 0 Å². The molecule has 0 spiro atoms. The highest BCUT2D eigenvalue weighted by Gasteiger charge is 1.91. The van der Waals surface area contributed by atoms with Crippen LogP contribution in [0.2, 0.25) is 0 Å². The lowest BCUT2D eigenvalue weighted by Gasteiger charge is -1.96. The van der Waals surface area contributed by atoms with Gasteiger partial charge in [0.1, 0.15) is 4.32 Å². The molecule has 0 aromatic heterocycles. The van der Waals surface area contributed by atoms with Crippen molar-refractivity contribution in [2.75, 3.05) is 5.75 Å². The van der Waals surface area contributed by atoms with Crippen LogP contribution in [0.3, 0.4) is 0 Å². The van der Waals surface area contributed by atoms with Gasteiger partial charge >= 0.3 is 0 Å². The molecule has 1 N–H and O–H groups in total. The molecule has 0 bridgehead atoms. The maximum absolute atomic E-state index is 9.77. The molecule has 0 fully saturated rings. The number of hydrogen-bond acceptors (Lipinski definition) is 3. The summed E-state index contributed by atoms with van der Waals surface area (Å²) in [6.07, 6.45) is 1.68. The molecule has 0 atom stereocenters. The Morgan fingerprint density at radius 1 is 1.89 bits per heavy atom. The zero-order valence-corrected chi connectivity index (χ0v) is 6.85. The SMILES string of the molecule is CCCSC(=S)NC=O. The van der Waals surface area contributed by atoms with Crippen molar-refractivity contribution in [3.8, 4) is 0 Å². The molecule has 0 unspecified atom stereocenters. The number of amides is 1. The van der Waals surface area contributed by atoms with Crippen LogP contribution in [0.1, 0.15) is 13.3 Å². The van der Waals surface area contributed by atoms with Gasteiger partial charge < -0.3 is 5.32 Å². The molecular weight excluding hydrogens is 154 g/mol. The third-order valence-electron chi connectivity index (χ3n) is 0.614. The van der Waals surface area contributed by atoms with E-state index in [1.165, 1.54) is 11.8 Å². The van der Waals surface area contributed by atoms with Gasteiger partial charge in [0.2, 0.25) is 6.41 Å². The third kappa shape index (κ3) is 5.79. The van der Waals surface area contributed by atoms with Gasteiger partial charge in [-0.25, -0.2) is 0 Å². The summed E-state index contributed by atoms with van der Waals surface area (Å²) in [7, 11) is 0. The zero-order chi connectivity index (χ0) is 7.11. The predicted molar refractivity (Wildman–Crippen MR) is 44.5 cm³/mol. The normalized spacial score (nSPS) is 8.56. The van der Waals surface area contributed by atoms with E-state index in [0.29, 0.717) is 10.7 Å². The summed E-state index contributed by atoms with van der Waals surface area (Å²) in [4.78, 5) is 9.77. The molecule has 0 radical (unpaired) electrons. The Labute approximate surface area is 64.4 Å². The fourth-order valence-corrected chi connectivity index (χ4v) is 1.10. The highest BCUT2D eigenvalue weighted by Crippen LogP contribution is 2.01. The lowest BCUT2D eigenvalue weighted by molar-refractivity contribution is -0.108. The lowest BCUT2D eigenvalue weighted by Crippen LogP contribution is -2.15. The molecule has 0 aliphatic rings. The lowest BCUT2D eigenvalue weighted by atomic mass is 10.6. The van der Waals surface area contributed by atoms with E-state index in [2.05, 4.69) is 12.2 Å². The van der Waals surface area contributed by atoms with Gasteiger partial charge in [-0.1, -0.05) is 30.9 Å². The Kier molecular flexibility index (Phi) is 5.98. The average Bonchev–Trinajstić information content (AvgIpc) is 1.85. The third-order valence-corrected chi connectivity index (χ3v) is 2.08. The molecule has 0 saturated heterocycles. The molecular formula is C5H9NOS2. The number of carbonyl (C=O) groups excluding carboxylic acids is 1. The van der Waals surface area contributed by atoms with Crippen LogP contribution in [-0.4, -0.2) is 16.5 Å². The van der Waals surface area contributed by atoms with Crippen LogP contribution in [0.4, 0.5) is 0 Å². The van der Waals surface area contributed by atoms with Gasteiger partial charge in [-0.3, -0.25) is 4.79 Å². The molecule has 1 amide bonds. The summed E-state index contributed by atoms with van der Waals surface area (Å²) in [6.45, 7) is 2.07. The van der Waals surface area contributed by atoms with Crippen LogP contribution in [0.15, 0.2) is 0 Å². The molecule has 2 nitrogen and oxygen atoms in total. The van der Waals surface area contributed by atoms with E-state index in [1.54, 1.807) is 0 Å². The van der Waals surface area contributed by atoms with E-state index in [0.717, 1.165) is 12.2 Å². The van der Waals surface area contributed by atoms with E-state index >= 15 is 0 Å². The van der Waals surface area contributed by atoms with Crippen molar-refractivity contribution in [1.82, 2.24) is 5.32 Å². The Morgan fingerprint density at radius 2 is 2.56 bits per heavy atom. The summed E-state index contributed by atoms with van der Waals surface area (Å²) in [5, 5.41) is 2.39. The average molecular weight is 163 g/mol. The standard InChI is InChI=1S/C5H9NOS2/c1-2-3-9-5(8)6-4-7/h4H,2-3H2,1H3,(H,6,7,8). The van der Waals surface area contributed by atoms with Crippen LogP contribution < -0.4 is 5.32 Å². The first-order chi connectivity index (χ1) is 4.31. The summed E-state index contributed by atoms with van der Waals surface area (Å²) < 4.78 is 0.562. The van der Waals surface area contributed by atoms with E-state index in [9.17, 15) is 4.79 Å². The smallest absolute Gasteiger partial charge is 0.212 e. The molecule has 0 aliphatic heterocycles. The van der Waals surface area contributed by atoms with E-state index < -0.39 is 0 Å². The van der Waals surface area contributed by atoms with Crippen molar-refractivity contribution >= 4 is 34.7 Å². The van der Waals surface area contributed by atoms with Gasteiger partial charge in [0.15, 0.2) is 0 Å². The van der Waals surface area contributed by atoms with Gasteiger partial charge in [0.05, 0.1) is 0 Å². The van der Waals surface area contributed by atoms with Gasteiger partial charge in [0, 0.05) is 0 Å². The second-order valence-electron chi connectivity index (χ2n) is 1.40. The van der Waals surface area contributed by atoms with Crippen molar-refractivity contribution in [2.45, 2.75) is 13.3 Å². The van der Waals surface area contributed by atoms with Crippen molar-refractivity contribution in [3.63, 3.8) is 0 Å². The zero-order valence-electron chi connectivity index (χ0n) is 5.22. The van der Waals surface area contributed by atoms with Crippen molar-refractivity contribution in [1.29, 1.82) is 0 Å². The fourth-order valence-electron chi connectivity index (χ4n) is 0.285. The van der Waals surface area contributed by atoms with Crippen molar-refractivity contribution in [2.24, 2.45) is 0 Å². The first-order valence-electron chi connectivity index (χ1n) is 2.68. The highest BCUT2D eigenvalue weighted by molar-refractivity contribution is 8.23. The molecule has 52 valence electrons. The number of nitrogens with one attached hydrogen (secondary N) is 1. The van der Waals surface area contributed by atoms with Crippen LogP contribution in [0.5, 0.6) is 0 Å². The van der Waals surface area contributed by atoms with Gasteiger partial charge in [-0.15, -0.1) is 0 Å². The molecule has 0 saturated carbocycles. The van der Waals surface area contributed by atoms with Crippen LogP contribution in [0.25, 0.3) is 0 Å². The predicted octanol–water partition coefficient (Wildman–Crippen LogP) is 1.16. The van der Waals surface area contributed by atoms with Crippen LogP contribution >= 0.6 is 24.0 Å². The highest BCUT2D eigenvalue weighted by atomic mass is 32.2. The van der Waals surface area contributed by atoms with E-state index in [4.69, 9.17) is 12.2 Å². The minimum atomic E-state index is 0.562. The summed E-state index contributed by atoms with van der Waals surface area (Å²) in [5.41, 5.74) is 0. The first kappa shape index (κ1) is 8.91. The number of hydrogen-bond donors (Lipinski definition) is 1. The molecule has 0 aliphatic carbocycles. The van der Waals surface area contributed by atoms with E-state index in [-0.39, 0.29) is 0 Å². The Bertz CT molecular complexity index is 105. The Balaban J connectivity index is 3.16. The molecule has 0 rings (SSSR count). The van der Waals surface area contributed by atoms with Crippen LogP contribution in [-0.2, 0) is 4.79 Å². The number of rotatable bonds is 3. The maximum Gasteiger partial charge on any atom is 0.212 e. The summed E-state index contributed by atoms with van der Waals surface area (Å²) in [5.74, 6) is 0.972. The Morgan fingerprint density at radius 3 is 3.00 bits per heavy atom. The maximum atomic E-state index is 9.77. The first-order valence-corrected chi connectivity index (χ1v) is 4.07. The minimum Gasteiger partial charge on any atom is -0.314 e. The van der Waals surface area contributed by atoms with Crippen molar-refractivity contribution < 1.29 is 4.79 Å². The quantitative estimate of drug-likeness (QED) is 0.500. The number of thiocarbonyl (C=S) groups is 1. The van der Waals surface area contributed by atoms with Gasteiger partial charge in [-0.2, -0.15) is 0 Å². The monoisotopic (exact) mass is 163 g/mol. The van der Waals surface area contributed by atoms with Gasteiger partial charge in [-0.05, 0) is 12.2 Å². The largest absolute Gasteiger partial charge is 0.314 e. The van der Waals surface area contributed by atoms with Gasteiger partial charge in [0.25, 0.3) is 0 Å². The fraction of sp³-hybridized carbons (Fsp3) is 0.600. The molecule has 0 aromatic carbocycles. The molecule has 9 heavy (non-hydrogen) atoms. The molecule has 0 aromatic rings.